The number of hydrogen-bond acceptors (Lipinski definition) is 7. The Kier molecular flexibility index (Phi) is 12.8. The summed E-state index contributed by atoms with van der Waals surface area (Å²) < 4.78 is 24.4. The van der Waals surface area contributed by atoms with Crippen LogP contribution < -0.4 is 27.4 Å². The Morgan fingerprint density at radius 2 is 1.64 bits per heavy atom. The van der Waals surface area contributed by atoms with E-state index in [2.05, 4.69) is 46.8 Å². The van der Waals surface area contributed by atoms with Crippen molar-refractivity contribution in [1.82, 2.24) is 15.6 Å². The molecule has 0 spiro atoms. The summed E-state index contributed by atoms with van der Waals surface area (Å²) in [6.45, 7) is 6.23. The molecule has 0 aliphatic rings. The first-order valence-electron chi connectivity index (χ1n) is 13.7. The summed E-state index contributed by atoms with van der Waals surface area (Å²) >= 11 is 0. The smallest absolute Gasteiger partial charge is 0.251 e. The van der Waals surface area contributed by atoms with Crippen LogP contribution in [-0.2, 0) is 24.4 Å². The lowest BCUT2D eigenvalue weighted by Gasteiger charge is -2.18. The summed E-state index contributed by atoms with van der Waals surface area (Å²) in [6.07, 6.45) is 3.46. The fourth-order valence-electron chi connectivity index (χ4n) is 4.00. The number of carbonyl (C=O) groups is 1. The number of hydrogen-bond donors (Lipinski definition) is 4. The Bertz CT molecular complexity index is 1390. The van der Waals surface area contributed by atoms with Crippen LogP contribution in [0.15, 0.2) is 85.1 Å². The van der Waals surface area contributed by atoms with Gasteiger partial charge in [-0.15, -0.1) is 0 Å². The summed E-state index contributed by atoms with van der Waals surface area (Å²) in [5.41, 5.74) is 10.9. The largest absolute Gasteiger partial charge is 0.396 e. The molecule has 1 aromatic heterocycles. The maximum atomic E-state index is 12.5. The van der Waals surface area contributed by atoms with Crippen molar-refractivity contribution in [3.8, 4) is 0 Å². The van der Waals surface area contributed by atoms with Crippen LogP contribution in [0.3, 0.4) is 0 Å². The zero-order valence-electron chi connectivity index (χ0n) is 23.9. The molecular formula is C32H38F2N6O2. The maximum Gasteiger partial charge on any atom is 0.251 e. The normalized spacial score (nSPS) is 10.5. The van der Waals surface area contributed by atoms with E-state index in [9.17, 15) is 13.6 Å². The highest BCUT2D eigenvalue weighted by atomic mass is 19.1. The molecule has 0 radical (unpaired) electrons. The fourth-order valence-corrected chi connectivity index (χ4v) is 4.00. The molecule has 0 atom stereocenters. The number of nitrogens with two attached hydrogens (primary N) is 2. The summed E-state index contributed by atoms with van der Waals surface area (Å²) in [7, 11) is 0. The van der Waals surface area contributed by atoms with Gasteiger partial charge in [0.2, 0.25) is 0 Å². The molecule has 0 fully saturated rings. The van der Waals surface area contributed by atoms with E-state index >= 15 is 0 Å². The summed E-state index contributed by atoms with van der Waals surface area (Å²) in [5.74, 6) is 5.05. The first-order chi connectivity index (χ1) is 20.2. The van der Waals surface area contributed by atoms with E-state index in [0.29, 0.717) is 29.2 Å². The number of nitrogen functional groups attached to an aromatic ring is 1. The number of rotatable bonds is 12. The lowest BCUT2D eigenvalue weighted by atomic mass is 10.1. The van der Waals surface area contributed by atoms with Gasteiger partial charge in [0, 0.05) is 30.9 Å². The first-order valence-corrected chi connectivity index (χ1v) is 13.7. The molecule has 3 aromatic carbocycles. The topological polar surface area (TPSA) is 119 Å². The van der Waals surface area contributed by atoms with E-state index in [1.54, 1.807) is 37.4 Å². The molecule has 0 bridgehead atoms. The number of benzene rings is 3. The standard InChI is InChI=1S/C25H32N6O2.C7H6F2/c1-2-19-7-3-8-20(15-19)17-28-12-6-14-30-25(32)22-10-4-9-21(16-22)18-33-31(27)24-23(26)11-5-13-29-24;1-5-2-6(8)4-7(9)3-5/h3-5,7-11,13,15-16,28H,2,6,12,14,17-18,26-27H2,1H3,(H,30,32);2-4H,1H3. The molecular weight excluding hydrogens is 538 g/mol. The molecule has 0 aliphatic heterocycles. The lowest BCUT2D eigenvalue weighted by molar-refractivity contribution is 0.0926. The van der Waals surface area contributed by atoms with Crippen LogP contribution in [-0.4, -0.2) is 24.0 Å². The number of aromatic nitrogens is 1. The van der Waals surface area contributed by atoms with Crippen molar-refractivity contribution in [1.29, 1.82) is 0 Å². The second-order valence-corrected chi connectivity index (χ2v) is 9.62. The molecule has 0 unspecified atom stereocenters. The third kappa shape index (κ3) is 10.9. The quantitative estimate of drug-likeness (QED) is 0.104. The van der Waals surface area contributed by atoms with Crippen molar-refractivity contribution in [3.05, 3.63) is 125 Å². The van der Waals surface area contributed by atoms with Crippen LogP contribution in [0.5, 0.6) is 0 Å². The molecule has 0 saturated carbocycles. The van der Waals surface area contributed by atoms with Crippen molar-refractivity contribution < 1.29 is 18.4 Å². The highest BCUT2D eigenvalue weighted by molar-refractivity contribution is 5.94. The van der Waals surface area contributed by atoms with Crippen molar-refractivity contribution in [2.45, 2.75) is 39.8 Å². The van der Waals surface area contributed by atoms with Gasteiger partial charge in [-0.25, -0.2) is 19.6 Å². The van der Waals surface area contributed by atoms with E-state index in [-0.39, 0.29) is 12.5 Å². The van der Waals surface area contributed by atoms with E-state index < -0.39 is 11.6 Å². The lowest BCUT2D eigenvalue weighted by Crippen LogP contribution is -2.32. The van der Waals surface area contributed by atoms with Crippen molar-refractivity contribution in [2.75, 3.05) is 24.0 Å². The van der Waals surface area contributed by atoms with Gasteiger partial charge in [0.15, 0.2) is 5.82 Å². The second kappa shape index (κ2) is 16.8. The van der Waals surface area contributed by atoms with E-state index in [4.69, 9.17) is 16.4 Å². The Balaban J connectivity index is 0.000000458. The minimum atomic E-state index is -0.521. The van der Waals surface area contributed by atoms with Gasteiger partial charge in [0.1, 0.15) is 18.2 Å². The molecule has 0 aliphatic carbocycles. The third-order valence-corrected chi connectivity index (χ3v) is 6.14. The van der Waals surface area contributed by atoms with Crippen LogP contribution in [0.2, 0.25) is 0 Å². The van der Waals surface area contributed by atoms with E-state index in [1.807, 2.05) is 12.1 Å². The second-order valence-electron chi connectivity index (χ2n) is 9.62. The molecule has 10 heteroatoms. The summed E-state index contributed by atoms with van der Waals surface area (Å²) in [4.78, 5) is 22.1. The number of aryl methyl sites for hydroxylation is 2. The van der Waals surface area contributed by atoms with Gasteiger partial charge >= 0.3 is 0 Å². The number of pyridine rings is 1. The molecule has 0 saturated heterocycles. The third-order valence-electron chi connectivity index (χ3n) is 6.14. The predicted octanol–water partition coefficient (Wildman–Crippen LogP) is 5.22. The molecule has 4 rings (SSSR count). The molecule has 6 N–H and O–H groups in total. The monoisotopic (exact) mass is 576 g/mol. The number of anilines is 2. The molecule has 222 valence electrons. The van der Waals surface area contributed by atoms with Gasteiger partial charge < -0.3 is 16.4 Å². The molecule has 1 heterocycles. The number of amides is 1. The van der Waals surface area contributed by atoms with Crippen molar-refractivity contribution in [2.24, 2.45) is 5.84 Å². The predicted molar refractivity (Wildman–Crippen MR) is 162 cm³/mol. The number of halogens is 2. The van der Waals surface area contributed by atoms with Crippen LogP contribution in [0.4, 0.5) is 20.3 Å². The van der Waals surface area contributed by atoms with Crippen molar-refractivity contribution >= 4 is 17.4 Å². The Hall–Kier alpha value is -4.38. The number of hydrazine groups is 1. The van der Waals surface area contributed by atoms with Crippen molar-refractivity contribution in [3.63, 3.8) is 0 Å². The maximum absolute atomic E-state index is 12.5. The minimum absolute atomic E-state index is 0.119. The molecule has 42 heavy (non-hydrogen) atoms. The van der Waals surface area contributed by atoms with Gasteiger partial charge in [-0.2, -0.15) is 5.17 Å². The Morgan fingerprint density at radius 3 is 2.36 bits per heavy atom. The van der Waals surface area contributed by atoms with Gasteiger partial charge in [-0.3, -0.25) is 9.63 Å². The van der Waals surface area contributed by atoms with Gasteiger partial charge in [-0.05, 0) is 85.0 Å². The fraction of sp³-hybridized carbons (Fsp3) is 0.250. The van der Waals surface area contributed by atoms with Crippen LogP contribution in [0, 0.1) is 18.6 Å². The Morgan fingerprint density at radius 1 is 0.929 bits per heavy atom. The number of carbonyl (C=O) groups excluding carboxylic acids is 1. The summed E-state index contributed by atoms with van der Waals surface area (Å²) in [6, 6.07) is 22.6. The van der Waals surface area contributed by atoms with Gasteiger partial charge in [-0.1, -0.05) is 43.3 Å². The molecule has 4 aromatic rings. The number of nitrogens with one attached hydrogen (secondary N) is 2. The highest BCUT2D eigenvalue weighted by Crippen LogP contribution is 2.17. The molecule has 8 nitrogen and oxygen atoms in total. The van der Waals surface area contributed by atoms with Crippen LogP contribution in [0.1, 0.15) is 46.0 Å². The summed E-state index contributed by atoms with van der Waals surface area (Å²) in [5, 5.41) is 7.42. The van der Waals surface area contributed by atoms with Gasteiger partial charge in [0.25, 0.3) is 5.91 Å². The van der Waals surface area contributed by atoms with Crippen LogP contribution in [0.25, 0.3) is 0 Å². The zero-order valence-corrected chi connectivity index (χ0v) is 23.9. The molecule has 1 amide bonds. The van der Waals surface area contributed by atoms with E-state index in [1.165, 1.54) is 23.3 Å². The van der Waals surface area contributed by atoms with Gasteiger partial charge in [0.05, 0.1) is 5.69 Å². The van der Waals surface area contributed by atoms with E-state index in [0.717, 1.165) is 42.7 Å². The first kappa shape index (κ1) is 32.1. The minimum Gasteiger partial charge on any atom is -0.396 e. The Labute approximate surface area is 245 Å². The number of nitrogens with zero attached hydrogens (tertiary/aromatic N) is 2. The average Bonchev–Trinajstić information content (AvgIpc) is 2.97. The average molecular weight is 577 g/mol. The zero-order chi connectivity index (χ0) is 30.3. The highest BCUT2D eigenvalue weighted by Gasteiger charge is 2.10. The SMILES string of the molecule is CCc1cccc(CNCCCNC(=O)c2cccc(CON(N)c3ncccc3N)c2)c1.Cc1cc(F)cc(F)c1. The van der Waals surface area contributed by atoms with Crippen LogP contribution >= 0.6 is 0 Å².